The summed E-state index contributed by atoms with van der Waals surface area (Å²) in [7, 11) is 5.19. The van der Waals surface area contributed by atoms with Crippen LogP contribution < -0.4 is 25.0 Å². The van der Waals surface area contributed by atoms with Crippen LogP contribution >= 0.6 is 0 Å². The molecule has 3 atom stereocenters. The Morgan fingerprint density at radius 3 is 2.65 bits per heavy atom. The normalized spacial score (nSPS) is 21.4. The molecule has 0 spiro atoms. The third-order valence-corrected chi connectivity index (χ3v) is 7.27. The summed E-state index contributed by atoms with van der Waals surface area (Å²) in [6.07, 6.45) is 1.05. The van der Waals surface area contributed by atoms with Crippen molar-refractivity contribution in [3.8, 4) is 11.5 Å². The summed E-state index contributed by atoms with van der Waals surface area (Å²) >= 11 is 0. The number of benzene rings is 2. The summed E-state index contributed by atoms with van der Waals surface area (Å²) in [5, 5.41) is 7.17. The van der Waals surface area contributed by atoms with Gasteiger partial charge in [0.05, 0.1) is 38.7 Å². The van der Waals surface area contributed by atoms with Crippen LogP contribution in [0.3, 0.4) is 0 Å². The van der Waals surface area contributed by atoms with Crippen LogP contribution in [-0.2, 0) is 20.8 Å². The van der Waals surface area contributed by atoms with Crippen molar-refractivity contribution >= 4 is 5.69 Å². The van der Waals surface area contributed by atoms with E-state index in [1.807, 2.05) is 12.1 Å². The number of hydrogen-bond donors (Lipinski definition) is 2. The van der Waals surface area contributed by atoms with E-state index in [9.17, 15) is 0 Å². The highest BCUT2D eigenvalue weighted by Crippen LogP contribution is 2.35. The maximum Gasteiger partial charge on any atom is 0.142 e. The third kappa shape index (κ3) is 7.58. The molecule has 0 unspecified atom stereocenters. The first-order valence-electron chi connectivity index (χ1n) is 13.4. The van der Waals surface area contributed by atoms with Crippen molar-refractivity contribution in [1.29, 1.82) is 0 Å². The summed E-state index contributed by atoms with van der Waals surface area (Å²) in [6, 6.07) is 14.9. The van der Waals surface area contributed by atoms with E-state index in [2.05, 4.69) is 45.9 Å². The molecular weight excluding hydrogens is 470 g/mol. The van der Waals surface area contributed by atoms with Gasteiger partial charge in [0.25, 0.3) is 0 Å². The van der Waals surface area contributed by atoms with E-state index in [0.717, 1.165) is 75.0 Å². The first-order valence-corrected chi connectivity index (χ1v) is 13.4. The quantitative estimate of drug-likeness (QED) is 0.374. The summed E-state index contributed by atoms with van der Waals surface area (Å²) in [5.74, 6) is 2.49. The van der Waals surface area contributed by atoms with Crippen LogP contribution in [0.2, 0.25) is 0 Å². The number of fused-ring (bicyclic) bond motifs is 1. The van der Waals surface area contributed by atoms with Gasteiger partial charge in [-0.15, -0.1) is 0 Å². The van der Waals surface area contributed by atoms with Crippen molar-refractivity contribution in [3.63, 3.8) is 0 Å². The number of rotatable bonds is 14. The number of anilines is 1. The van der Waals surface area contributed by atoms with Crippen molar-refractivity contribution in [2.45, 2.75) is 25.0 Å². The summed E-state index contributed by atoms with van der Waals surface area (Å²) in [5.41, 5.74) is 3.60. The number of methoxy groups -OCH3 is 3. The highest BCUT2D eigenvalue weighted by Gasteiger charge is 2.35. The molecule has 37 heavy (non-hydrogen) atoms. The SMILES string of the molecule is COCCCN1CCOc2ccc(CO[C@H]3CNC[C@@H](CNCCOC)[C@@H]3c3ccc(OC)cc3)cc21. The second kappa shape index (κ2) is 14.5. The fourth-order valence-electron chi connectivity index (χ4n) is 5.35. The van der Waals surface area contributed by atoms with Gasteiger partial charge in [0.2, 0.25) is 0 Å². The zero-order valence-electron chi connectivity index (χ0n) is 22.5. The monoisotopic (exact) mass is 513 g/mol. The number of hydrogen-bond acceptors (Lipinski definition) is 8. The first kappa shape index (κ1) is 27.7. The van der Waals surface area contributed by atoms with Crippen molar-refractivity contribution < 1.29 is 23.7 Å². The molecule has 8 heteroatoms. The van der Waals surface area contributed by atoms with E-state index in [1.165, 1.54) is 5.56 Å². The average molecular weight is 514 g/mol. The molecule has 0 aliphatic carbocycles. The lowest BCUT2D eigenvalue weighted by Crippen LogP contribution is -2.49. The molecule has 4 rings (SSSR count). The molecular formula is C29H43N3O5. The zero-order valence-corrected chi connectivity index (χ0v) is 22.5. The second-order valence-electron chi connectivity index (χ2n) is 9.75. The van der Waals surface area contributed by atoms with Gasteiger partial charge in [0.1, 0.15) is 18.1 Å². The van der Waals surface area contributed by atoms with E-state index < -0.39 is 0 Å². The number of piperidine rings is 1. The molecule has 2 aliphatic rings. The molecule has 204 valence electrons. The summed E-state index contributed by atoms with van der Waals surface area (Å²) in [6.45, 7) is 8.10. The van der Waals surface area contributed by atoms with Gasteiger partial charge in [0.15, 0.2) is 0 Å². The fourth-order valence-corrected chi connectivity index (χ4v) is 5.35. The van der Waals surface area contributed by atoms with Gasteiger partial charge in [0, 0.05) is 46.4 Å². The molecule has 2 heterocycles. The van der Waals surface area contributed by atoms with E-state index >= 15 is 0 Å². The molecule has 2 aliphatic heterocycles. The molecule has 2 aromatic rings. The topological polar surface area (TPSA) is 73.5 Å². The van der Waals surface area contributed by atoms with Crippen LogP contribution in [0.4, 0.5) is 5.69 Å². The minimum Gasteiger partial charge on any atom is -0.497 e. The molecule has 8 nitrogen and oxygen atoms in total. The Labute approximate surface area is 221 Å². The Morgan fingerprint density at radius 1 is 1.03 bits per heavy atom. The predicted molar refractivity (Wildman–Crippen MR) is 146 cm³/mol. The van der Waals surface area contributed by atoms with Gasteiger partial charge in [-0.05, 0) is 60.8 Å². The Balaban J connectivity index is 1.46. The van der Waals surface area contributed by atoms with Crippen molar-refractivity contribution in [2.75, 3.05) is 85.3 Å². The maximum atomic E-state index is 6.65. The highest BCUT2D eigenvalue weighted by atomic mass is 16.5. The van der Waals surface area contributed by atoms with Crippen LogP contribution in [0.15, 0.2) is 42.5 Å². The summed E-state index contributed by atoms with van der Waals surface area (Å²) < 4.78 is 28.4. The smallest absolute Gasteiger partial charge is 0.142 e. The third-order valence-electron chi connectivity index (χ3n) is 7.27. The van der Waals surface area contributed by atoms with Crippen LogP contribution in [0.1, 0.15) is 23.5 Å². The van der Waals surface area contributed by atoms with Gasteiger partial charge in [-0.3, -0.25) is 0 Å². The Morgan fingerprint density at radius 2 is 1.86 bits per heavy atom. The van der Waals surface area contributed by atoms with Crippen LogP contribution in [-0.4, -0.2) is 86.5 Å². The summed E-state index contributed by atoms with van der Waals surface area (Å²) in [4.78, 5) is 2.39. The van der Waals surface area contributed by atoms with Crippen molar-refractivity contribution in [3.05, 3.63) is 53.6 Å². The molecule has 2 N–H and O–H groups in total. The molecule has 0 bridgehead atoms. The first-order chi connectivity index (χ1) is 18.2. The molecule has 1 saturated heterocycles. The van der Waals surface area contributed by atoms with E-state index in [1.54, 1.807) is 21.3 Å². The Hall–Kier alpha value is -2.36. The van der Waals surface area contributed by atoms with E-state index in [0.29, 0.717) is 25.7 Å². The zero-order chi connectivity index (χ0) is 25.9. The lowest BCUT2D eigenvalue weighted by molar-refractivity contribution is -0.00603. The van der Waals surface area contributed by atoms with E-state index in [-0.39, 0.29) is 12.0 Å². The number of ether oxygens (including phenoxy) is 5. The molecule has 0 amide bonds. The largest absolute Gasteiger partial charge is 0.497 e. The van der Waals surface area contributed by atoms with Crippen molar-refractivity contribution in [2.24, 2.45) is 5.92 Å². The Bertz CT molecular complexity index is 942. The van der Waals surface area contributed by atoms with Crippen molar-refractivity contribution in [1.82, 2.24) is 10.6 Å². The molecule has 0 saturated carbocycles. The van der Waals surface area contributed by atoms with Gasteiger partial charge in [-0.25, -0.2) is 0 Å². The minimum atomic E-state index is 0.0569. The fraction of sp³-hybridized carbons (Fsp3) is 0.586. The minimum absolute atomic E-state index is 0.0569. The Kier molecular flexibility index (Phi) is 10.9. The van der Waals surface area contributed by atoms with Gasteiger partial charge in [-0.2, -0.15) is 0 Å². The van der Waals surface area contributed by atoms with Crippen LogP contribution in [0.25, 0.3) is 0 Å². The van der Waals surface area contributed by atoms with Gasteiger partial charge in [-0.1, -0.05) is 18.2 Å². The molecule has 0 aromatic heterocycles. The number of nitrogens with one attached hydrogen (secondary N) is 2. The van der Waals surface area contributed by atoms with E-state index in [4.69, 9.17) is 23.7 Å². The van der Waals surface area contributed by atoms with Crippen LogP contribution in [0.5, 0.6) is 11.5 Å². The lowest BCUT2D eigenvalue weighted by Gasteiger charge is -2.39. The maximum absolute atomic E-state index is 6.65. The van der Waals surface area contributed by atoms with Crippen LogP contribution in [0, 0.1) is 5.92 Å². The lowest BCUT2D eigenvalue weighted by atomic mass is 9.79. The highest BCUT2D eigenvalue weighted by molar-refractivity contribution is 5.61. The standard InChI is InChI=1S/C29H43N3O5/c1-33-14-4-12-32-13-16-36-27-10-5-22(17-26(27)32)21-37-28-20-31-19-24(18-30-11-15-34-2)29(28)23-6-8-25(35-3)9-7-23/h5-10,17,24,28-31H,4,11-16,18-21H2,1-3H3/t24-,28+,29+/m1/s1. The second-order valence-corrected chi connectivity index (χ2v) is 9.75. The van der Waals surface area contributed by atoms with Gasteiger partial charge >= 0.3 is 0 Å². The predicted octanol–water partition coefficient (Wildman–Crippen LogP) is 3.05. The number of nitrogens with zero attached hydrogens (tertiary/aromatic N) is 1. The molecule has 0 radical (unpaired) electrons. The molecule has 2 aromatic carbocycles. The van der Waals surface area contributed by atoms with Gasteiger partial charge < -0.3 is 39.2 Å². The molecule has 1 fully saturated rings. The average Bonchev–Trinajstić information content (AvgIpc) is 2.94.